The molecule has 0 saturated heterocycles. The highest BCUT2D eigenvalue weighted by molar-refractivity contribution is 5.54. The van der Waals surface area contributed by atoms with Gasteiger partial charge in [-0.15, -0.1) is 0 Å². The maximum absolute atomic E-state index is 6.07. The summed E-state index contributed by atoms with van der Waals surface area (Å²) >= 11 is 0. The number of hydrogen-bond donors (Lipinski definition) is 2. The van der Waals surface area contributed by atoms with E-state index in [1.807, 2.05) is 33.8 Å². The zero-order valence-electron chi connectivity index (χ0n) is 16.1. The third-order valence-corrected chi connectivity index (χ3v) is 3.64. The highest BCUT2D eigenvalue weighted by atomic mass is 16.5. The first kappa shape index (κ1) is 18.8. The topological polar surface area (TPSA) is 82.3 Å². The van der Waals surface area contributed by atoms with Crippen LogP contribution >= 0.6 is 0 Å². The van der Waals surface area contributed by atoms with Crippen molar-refractivity contribution in [2.45, 2.75) is 53.0 Å². The van der Waals surface area contributed by atoms with Gasteiger partial charge in [-0.25, -0.2) is 4.98 Å². The number of ether oxygens (including phenoxy) is 2. The summed E-state index contributed by atoms with van der Waals surface area (Å²) in [5, 5.41) is 3.19. The lowest BCUT2D eigenvalue weighted by Gasteiger charge is -2.21. The lowest BCUT2D eigenvalue weighted by Crippen LogP contribution is -2.27. The molecule has 0 aliphatic carbocycles. The Morgan fingerprint density at radius 2 is 1.80 bits per heavy atom. The van der Waals surface area contributed by atoms with E-state index in [1.54, 1.807) is 13.3 Å². The molecule has 0 fully saturated rings. The first-order valence-electron chi connectivity index (χ1n) is 8.38. The number of aromatic nitrogens is 2. The smallest absolute Gasteiger partial charge is 0.225 e. The Kier molecular flexibility index (Phi) is 5.40. The van der Waals surface area contributed by atoms with Crippen molar-refractivity contribution in [3.05, 3.63) is 29.5 Å². The lowest BCUT2D eigenvalue weighted by atomic mass is 9.99. The highest BCUT2D eigenvalue weighted by Crippen LogP contribution is 2.37. The van der Waals surface area contributed by atoms with Crippen LogP contribution in [0.5, 0.6) is 17.2 Å². The SMILES string of the molecule is COc1cc(Oc2cnc(NC(C)(C)C)nc2N)c(C(C)C)cc1C. The molecule has 0 amide bonds. The second kappa shape index (κ2) is 7.17. The van der Waals surface area contributed by atoms with Gasteiger partial charge < -0.3 is 20.5 Å². The highest BCUT2D eigenvalue weighted by Gasteiger charge is 2.16. The summed E-state index contributed by atoms with van der Waals surface area (Å²) in [4.78, 5) is 8.59. The number of anilines is 2. The molecule has 3 N–H and O–H groups in total. The van der Waals surface area contributed by atoms with Crippen LogP contribution in [0.25, 0.3) is 0 Å². The molecule has 0 bridgehead atoms. The van der Waals surface area contributed by atoms with Crippen LogP contribution in [0.3, 0.4) is 0 Å². The summed E-state index contributed by atoms with van der Waals surface area (Å²) in [6.07, 6.45) is 1.59. The molecule has 25 heavy (non-hydrogen) atoms. The molecule has 1 aromatic carbocycles. The minimum Gasteiger partial charge on any atom is -0.496 e. The van der Waals surface area contributed by atoms with Gasteiger partial charge in [0.1, 0.15) is 11.5 Å². The average Bonchev–Trinajstić information content (AvgIpc) is 2.49. The molecule has 1 heterocycles. The molecule has 136 valence electrons. The molecular weight excluding hydrogens is 316 g/mol. The minimum absolute atomic E-state index is 0.149. The normalized spacial score (nSPS) is 11.5. The number of nitrogen functional groups attached to an aromatic ring is 1. The first-order valence-corrected chi connectivity index (χ1v) is 8.38. The van der Waals surface area contributed by atoms with Gasteiger partial charge in [-0.05, 0) is 50.8 Å². The molecule has 0 saturated carbocycles. The number of nitrogens with zero attached hydrogens (tertiary/aromatic N) is 2. The van der Waals surface area contributed by atoms with E-state index >= 15 is 0 Å². The van der Waals surface area contributed by atoms with E-state index in [-0.39, 0.29) is 11.4 Å². The molecule has 0 aliphatic heterocycles. The van der Waals surface area contributed by atoms with Crippen molar-refractivity contribution in [3.63, 3.8) is 0 Å². The van der Waals surface area contributed by atoms with Crippen LogP contribution < -0.4 is 20.5 Å². The Hall–Kier alpha value is -2.50. The number of rotatable bonds is 5. The Balaban J connectivity index is 2.36. The van der Waals surface area contributed by atoms with E-state index in [4.69, 9.17) is 15.2 Å². The number of nitrogens with one attached hydrogen (secondary N) is 1. The van der Waals surface area contributed by atoms with Crippen LogP contribution in [0.1, 0.15) is 51.7 Å². The number of hydrogen-bond acceptors (Lipinski definition) is 6. The summed E-state index contributed by atoms with van der Waals surface area (Å²) in [5.41, 5.74) is 8.06. The maximum Gasteiger partial charge on any atom is 0.225 e. The zero-order valence-corrected chi connectivity index (χ0v) is 16.1. The standard InChI is InChI=1S/C19H28N4O2/c1-11(2)13-8-12(3)14(24-7)9-15(13)25-16-10-21-18(22-17(16)20)23-19(4,5)6/h8-11H,1-7H3,(H3,20,21,22,23). The van der Waals surface area contributed by atoms with Crippen LogP contribution in [0, 0.1) is 6.92 Å². The third kappa shape index (κ3) is 4.75. The van der Waals surface area contributed by atoms with Crippen LogP contribution in [-0.4, -0.2) is 22.6 Å². The lowest BCUT2D eigenvalue weighted by molar-refractivity contribution is 0.404. The van der Waals surface area contributed by atoms with Gasteiger partial charge in [0.15, 0.2) is 11.6 Å². The van der Waals surface area contributed by atoms with Crippen LogP contribution in [-0.2, 0) is 0 Å². The van der Waals surface area contributed by atoms with Gasteiger partial charge in [-0.1, -0.05) is 13.8 Å². The Bertz CT molecular complexity index is 752. The predicted molar refractivity (Wildman–Crippen MR) is 102 cm³/mol. The zero-order chi connectivity index (χ0) is 18.8. The van der Waals surface area contributed by atoms with E-state index in [2.05, 4.69) is 35.2 Å². The van der Waals surface area contributed by atoms with Crippen LogP contribution in [0.4, 0.5) is 11.8 Å². The van der Waals surface area contributed by atoms with Gasteiger partial charge >= 0.3 is 0 Å². The molecule has 0 unspecified atom stereocenters. The Labute approximate surface area is 149 Å². The Morgan fingerprint density at radius 3 is 2.32 bits per heavy atom. The van der Waals surface area contributed by atoms with E-state index in [1.165, 1.54) is 0 Å². The summed E-state index contributed by atoms with van der Waals surface area (Å²) in [6, 6.07) is 3.96. The molecule has 1 aromatic heterocycles. The van der Waals surface area contributed by atoms with E-state index < -0.39 is 0 Å². The average molecular weight is 344 g/mol. The molecule has 0 atom stereocenters. The molecule has 6 heteroatoms. The molecule has 2 rings (SSSR count). The van der Waals surface area contributed by atoms with Crippen molar-refractivity contribution < 1.29 is 9.47 Å². The third-order valence-electron chi connectivity index (χ3n) is 3.64. The van der Waals surface area contributed by atoms with Gasteiger partial charge in [0.2, 0.25) is 5.95 Å². The molecule has 2 aromatic rings. The molecular formula is C19H28N4O2. The molecule has 6 nitrogen and oxygen atoms in total. The second-order valence-electron chi connectivity index (χ2n) is 7.43. The minimum atomic E-state index is -0.149. The summed E-state index contributed by atoms with van der Waals surface area (Å²) in [6.45, 7) is 12.3. The van der Waals surface area contributed by atoms with Crippen molar-refractivity contribution in [2.24, 2.45) is 0 Å². The summed E-state index contributed by atoms with van der Waals surface area (Å²) in [5.74, 6) is 2.95. The van der Waals surface area contributed by atoms with Gasteiger partial charge in [-0.3, -0.25) is 0 Å². The van der Waals surface area contributed by atoms with E-state index in [0.717, 1.165) is 16.9 Å². The maximum atomic E-state index is 6.07. The van der Waals surface area contributed by atoms with Gasteiger partial charge in [0.25, 0.3) is 0 Å². The largest absolute Gasteiger partial charge is 0.496 e. The molecule has 0 aliphatic rings. The number of aryl methyl sites for hydroxylation is 1. The molecule has 0 spiro atoms. The first-order chi connectivity index (χ1) is 11.6. The van der Waals surface area contributed by atoms with Crippen molar-refractivity contribution in [2.75, 3.05) is 18.2 Å². The van der Waals surface area contributed by atoms with Crippen LogP contribution in [0.15, 0.2) is 18.3 Å². The van der Waals surface area contributed by atoms with Crippen molar-refractivity contribution in [3.8, 4) is 17.2 Å². The fourth-order valence-corrected chi connectivity index (χ4v) is 2.43. The van der Waals surface area contributed by atoms with Gasteiger partial charge in [0, 0.05) is 11.6 Å². The van der Waals surface area contributed by atoms with Gasteiger partial charge in [-0.2, -0.15) is 4.98 Å². The van der Waals surface area contributed by atoms with E-state index in [0.29, 0.717) is 23.4 Å². The summed E-state index contributed by atoms with van der Waals surface area (Å²) in [7, 11) is 1.64. The fraction of sp³-hybridized carbons (Fsp3) is 0.474. The predicted octanol–water partition coefficient (Wildman–Crippen LogP) is 4.50. The summed E-state index contributed by atoms with van der Waals surface area (Å²) < 4.78 is 11.4. The number of benzene rings is 1. The monoisotopic (exact) mass is 344 g/mol. The Morgan fingerprint density at radius 1 is 1.12 bits per heavy atom. The van der Waals surface area contributed by atoms with Crippen molar-refractivity contribution in [1.82, 2.24) is 9.97 Å². The van der Waals surface area contributed by atoms with Crippen LogP contribution in [0.2, 0.25) is 0 Å². The number of methoxy groups -OCH3 is 1. The van der Waals surface area contributed by atoms with E-state index in [9.17, 15) is 0 Å². The molecule has 0 radical (unpaired) electrons. The van der Waals surface area contributed by atoms with Crippen molar-refractivity contribution >= 4 is 11.8 Å². The second-order valence-corrected chi connectivity index (χ2v) is 7.43. The van der Waals surface area contributed by atoms with Gasteiger partial charge in [0.05, 0.1) is 13.3 Å². The van der Waals surface area contributed by atoms with Crippen molar-refractivity contribution in [1.29, 1.82) is 0 Å². The fourth-order valence-electron chi connectivity index (χ4n) is 2.43. The number of nitrogens with two attached hydrogens (primary N) is 1. The quantitative estimate of drug-likeness (QED) is 0.831.